The fourth-order valence-electron chi connectivity index (χ4n) is 4.13. The monoisotopic (exact) mass is 566 g/mol. The van der Waals surface area contributed by atoms with Gasteiger partial charge in [-0.3, -0.25) is 0 Å². The first kappa shape index (κ1) is 27.8. The Kier molecular flexibility index (Phi) is 7.98. The smallest absolute Gasteiger partial charge is 0.416 e. The maximum Gasteiger partial charge on any atom is 0.416 e. The van der Waals surface area contributed by atoms with Gasteiger partial charge in [-0.2, -0.15) is 22.0 Å². The van der Waals surface area contributed by atoms with Crippen LogP contribution in [0.1, 0.15) is 34.6 Å². The molecule has 2 atom stereocenters. The molecule has 0 saturated carbocycles. The molecule has 1 aliphatic rings. The first-order chi connectivity index (χ1) is 17.9. The Labute approximate surface area is 213 Å². The molecule has 0 saturated heterocycles. The van der Waals surface area contributed by atoms with E-state index in [9.17, 15) is 39.3 Å². The summed E-state index contributed by atoms with van der Waals surface area (Å²) in [5.74, 6) is -13.4. The molecule has 0 aromatic heterocycles. The highest BCUT2D eigenvalue weighted by Crippen LogP contribution is 2.42. The zero-order valence-corrected chi connectivity index (χ0v) is 20.3. The lowest BCUT2D eigenvalue weighted by atomic mass is 9.83. The number of benzene rings is 3. The topological polar surface area (TPSA) is 44.8 Å². The molecule has 3 aromatic rings. The first-order valence-electron chi connectivity index (χ1n) is 11.0. The van der Waals surface area contributed by atoms with Gasteiger partial charge in [0.25, 0.3) is 0 Å². The third-order valence-electron chi connectivity index (χ3n) is 5.97. The average molecular weight is 566 g/mol. The van der Waals surface area contributed by atoms with Crippen molar-refractivity contribution in [1.29, 1.82) is 0 Å². The highest BCUT2D eigenvalue weighted by atomic mass is 32.2. The summed E-state index contributed by atoms with van der Waals surface area (Å²) < 4.78 is 136. The predicted molar refractivity (Wildman–Crippen MR) is 119 cm³/mol. The van der Waals surface area contributed by atoms with Crippen molar-refractivity contribution in [2.45, 2.75) is 29.8 Å². The Morgan fingerprint density at radius 1 is 0.921 bits per heavy atom. The van der Waals surface area contributed by atoms with Crippen LogP contribution in [0.5, 0.6) is 11.5 Å². The van der Waals surface area contributed by atoms with Crippen LogP contribution in [0.3, 0.4) is 0 Å². The van der Waals surface area contributed by atoms with Gasteiger partial charge in [0.2, 0.25) is 45.9 Å². The lowest BCUT2D eigenvalue weighted by Crippen LogP contribution is -2.18. The molecule has 0 aliphatic carbocycles. The van der Waals surface area contributed by atoms with E-state index in [1.807, 2.05) is 0 Å². The minimum Gasteiger partial charge on any atom is -0.493 e. The van der Waals surface area contributed by atoms with E-state index in [1.165, 1.54) is 31.4 Å². The van der Waals surface area contributed by atoms with Crippen molar-refractivity contribution in [2.75, 3.05) is 20.3 Å². The van der Waals surface area contributed by atoms with Gasteiger partial charge >= 0.3 is 6.18 Å². The molecule has 4 rings (SSSR count). The van der Waals surface area contributed by atoms with Crippen LogP contribution in [0.4, 0.5) is 35.1 Å². The molecule has 1 heterocycles. The van der Waals surface area contributed by atoms with Gasteiger partial charge in [0.1, 0.15) is 5.75 Å². The van der Waals surface area contributed by atoms with Crippen LogP contribution in [0.25, 0.3) is 0 Å². The molecule has 0 fully saturated rings. The third kappa shape index (κ3) is 5.35. The van der Waals surface area contributed by atoms with E-state index >= 15 is 0 Å². The Morgan fingerprint density at radius 3 is 2.18 bits per heavy atom. The van der Waals surface area contributed by atoms with Gasteiger partial charge < -0.3 is 13.7 Å². The largest absolute Gasteiger partial charge is 0.493 e. The number of fused-ring (bicyclic) bond motifs is 1. The molecule has 4 nitrogen and oxygen atoms in total. The van der Waals surface area contributed by atoms with Crippen LogP contribution in [-0.2, 0) is 28.4 Å². The Balaban J connectivity index is 1.67. The number of hydrogen-bond acceptors (Lipinski definition) is 4. The average Bonchev–Trinajstić information content (AvgIpc) is 2.90. The van der Waals surface area contributed by atoms with Crippen LogP contribution in [0.15, 0.2) is 41.3 Å². The summed E-state index contributed by atoms with van der Waals surface area (Å²) in [5.41, 5.74) is 0.746. The van der Waals surface area contributed by atoms with Gasteiger partial charge in [0.05, 0.1) is 23.7 Å². The molecule has 0 radical (unpaired) electrons. The molecule has 3 aromatic carbocycles. The summed E-state index contributed by atoms with van der Waals surface area (Å²) in [7, 11) is 1.42. The number of alkyl halides is 3. The minimum atomic E-state index is -4.54. The summed E-state index contributed by atoms with van der Waals surface area (Å²) in [6.45, 7) is 0.314. The Bertz CT molecular complexity index is 1360. The highest BCUT2D eigenvalue weighted by molar-refractivity contribution is 7.80. The van der Waals surface area contributed by atoms with Gasteiger partial charge in [-0.1, -0.05) is 12.1 Å². The molecular weight excluding hydrogens is 548 g/mol. The van der Waals surface area contributed by atoms with Gasteiger partial charge in [0.15, 0.2) is 0 Å². The molecule has 0 bridgehead atoms. The van der Waals surface area contributed by atoms with Crippen LogP contribution >= 0.6 is 0 Å². The van der Waals surface area contributed by atoms with E-state index in [4.69, 9.17) is 9.47 Å². The van der Waals surface area contributed by atoms with Crippen molar-refractivity contribution in [3.8, 4) is 11.5 Å². The fraction of sp³-hybridized carbons (Fsp3) is 0.280. The molecule has 204 valence electrons. The van der Waals surface area contributed by atoms with Gasteiger partial charge in [-0.05, 0) is 42.2 Å². The van der Waals surface area contributed by atoms with Crippen LogP contribution in [0, 0.1) is 29.1 Å². The normalized spacial score (nSPS) is 16.1. The van der Waals surface area contributed by atoms with Gasteiger partial charge in [-0.15, -0.1) is 0 Å². The van der Waals surface area contributed by atoms with E-state index in [0.29, 0.717) is 23.1 Å². The quantitative estimate of drug-likeness (QED) is 0.184. The number of hydrogen-bond donors (Lipinski definition) is 0. The summed E-state index contributed by atoms with van der Waals surface area (Å²) in [4.78, 5) is -0.208. The minimum absolute atomic E-state index is 0.136. The number of halogens is 8. The predicted octanol–water partition coefficient (Wildman–Crippen LogP) is 6.61. The zero-order valence-electron chi connectivity index (χ0n) is 19.4. The van der Waals surface area contributed by atoms with Crippen molar-refractivity contribution in [3.63, 3.8) is 0 Å². The second kappa shape index (κ2) is 10.9. The third-order valence-corrected chi connectivity index (χ3v) is 6.92. The molecule has 13 heteroatoms. The SMILES string of the molecule is COCCc1cc(C(F)(F)F)ccc1C1CCOc2cc(S(=O)Oc3c(F)c(F)c(F)c(F)c3F)ccc21. The summed E-state index contributed by atoms with van der Waals surface area (Å²) in [6, 6.07) is 7.31. The van der Waals surface area contributed by atoms with Crippen molar-refractivity contribution < 1.29 is 53.0 Å². The molecule has 0 amide bonds. The molecular formula is C25H18F8O4S. The van der Waals surface area contributed by atoms with Crippen molar-refractivity contribution >= 4 is 11.1 Å². The zero-order chi connectivity index (χ0) is 27.8. The van der Waals surface area contributed by atoms with E-state index in [0.717, 1.165) is 12.1 Å². The van der Waals surface area contributed by atoms with Crippen LogP contribution in [-0.4, -0.2) is 24.5 Å². The highest BCUT2D eigenvalue weighted by Gasteiger charge is 2.33. The van der Waals surface area contributed by atoms with Gasteiger partial charge in [0, 0.05) is 24.7 Å². The molecule has 0 spiro atoms. The summed E-state index contributed by atoms with van der Waals surface area (Å²) >= 11 is -2.71. The van der Waals surface area contributed by atoms with Crippen molar-refractivity contribution in [1.82, 2.24) is 0 Å². The van der Waals surface area contributed by atoms with E-state index in [1.54, 1.807) is 0 Å². The Hall–Kier alpha value is -3.19. The lowest BCUT2D eigenvalue weighted by Gasteiger charge is -2.28. The standard InChI is InChI=1S/C25H18F8O4S/c1-35-8-6-12-10-13(25(31,32)33)2-4-15(12)16-7-9-36-18-11-14(3-5-17(16)18)38(34)37-24-22(29)20(27)19(26)21(28)23(24)30/h2-5,10-11,16H,6-9H2,1H3. The van der Waals surface area contributed by atoms with Crippen LogP contribution < -0.4 is 8.92 Å². The fourth-order valence-corrected chi connectivity index (χ4v) is 4.91. The lowest BCUT2D eigenvalue weighted by molar-refractivity contribution is -0.137. The molecule has 0 N–H and O–H groups in total. The molecule has 38 heavy (non-hydrogen) atoms. The van der Waals surface area contributed by atoms with Crippen LogP contribution in [0.2, 0.25) is 0 Å². The summed E-state index contributed by atoms with van der Waals surface area (Å²) in [6.07, 6.45) is -3.93. The van der Waals surface area contributed by atoms with E-state index in [2.05, 4.69) is 4.18 Å². The number of methoxy groups -OCH3 is 1. The molecule has 1 aliphatic heterocycles. The summed E-state index contributed by atoms with van der Waals surface area (Å²) in [5, 5.41) is 0. The van der Waals surface area contributed by atoms with E-state index < -0.39 is 63.6 Å². The first-order valence-corrected chi connectivity index (χ1v) is 12.1. The molecule has 2 unspecified atom stereocenters. The number of rotatable bonds is 7. The second-order valence-corrected chi connectivity index (χ2v) is 9.37. The second-order valence-electron chi connectivity index (χ2n) is 8.26. The maximum atomic E-state index is 13.9. The number of ether oxygens (including phenoxy) is 2. The maximum absolute atomic E-state index is 13.9. The van der Waals surface area contributed by atoms with Crippen molar-refractivity contribution in [3.05, 3.63) is 87.7 Å². The van der Waals surface area contributed by atoms with Gasteiger partial charge in [-0.25, -0.2) is 17.4 Å². The van der Waals surface area contributed by atoms with Crippen molar-refractivity contribution in [2.24, 2.45) is 0 Å². The van der Waals surface area contributed by atoms with E-state index in [-0.39, 0.29) is 30.3 Å². The Morgan fingerprint density at radius 2 is 1.55 bits per heavy atom.